The highest BCUT2D eigenvalue weighted by atomic mass is 16.5. The Balaban J connectivity index is 1.45. The van der Waals surface area contributed by atoms with E-state index >= 15 is 0 Å². The van der Waals surface area contributed by atoms with Gasteiger partial charge in [-0.25, -0.2) is 0 Å². The maximum absolute atomic E-state index is 13.3. The third kappa shape index (κ3) is 4.62. The summed E-state index contributed by atoms with van der Waals surface area (Å²) < 4.78 is 5.88. The molecule has 1 saturated heterocycles. The van der Waals surface area contributed by atoms with E-state index in [1.165, 1.54) is 11.1 Å². The predicted molar refractivity (Wildman–Crippen MR) is 132 cm³/mol. The standard InChI is InChI=1S/C27H35N3O3/c1-18-7-12-23-21(15-18)22-16-28(5)14-13-24(22)30(23)25(31)17-33-20-10-8-19(9-11-20)29(6)26(32)27(2,3)4/h7-12,15,22,24H,13-14,16-17H2,1-6H3/t22-,24-/m0/s1. The normalized spacial score (nSPS) is 20.2. The number of aryl methyl sites for hydroxylation is 1. The third-order valence-electron chi connectivity index (χ3n) is 6.75. The molecule has 0 N–H and O–H groups in total. The van der Waals surface area contributed by atoms with E-state index in [1.807, 2.05) is 49.9 Å². The summed E-state index contributed by atoms with van der Waals surface area (Å²) in [6.45, 7) is 9.76. The topological polar surface area (TPSA) is 53.1 Å². The van der Waals surface area contributed by atoms with Gasteiger partial charge in [-0.1, -0.05) is 38.5 Å². The number of likely N-dealkylation sites (N-methyl/N-ethyl adjacent to an activating group) is 1. The lowest BCUT2D eigenvalue weighted by molar-refractivity contribution is -0.125. The molecule has 0 aliphatic carbocycles. The van der Waals surface area contributed by atoms with Crippen molar-refractivity contribution in [1.29, 1.82) is 0 Å². The number of likely N-dealkylation sites (tertiary alicyclic amines) is 1. The summed E-state index contributed by atoms with van der Waals surface area (Å²) in [6, 6.07) is 13.9. The maximum Gasteiger partial charge on any atom is 0.265 e. The van der Waals surface area contributed by atoms with Crippen molar-refractivity contribution in [3.63, 3.8) is 0 Å². The maximum atomic E-state index is 13.3. The molecular weight excluding hydrogens is 414 g/mol. The van der Waals surface area contributed by atoms with E-state index in [2.05, 4.69) is 37.1 Å². The van der Waals surface area contributed by atoms with Crippen molar-refractivity contribution >= 4 is 23.2 Å². The average Bonchev–Trinajstić information content (AvgIpc) is 3.09. The van der Waals surface area contributed by atoms with E-state index in [4.69, 9.17) is 4.74 Å². The first kappa shape index (κ1) is 23.3. The molecule has 2 aliphatic rings. The average molecular weight is 450 g/mol. The molecule has 0 bridgehead atoms. The second-order valence-electron chi connectivity index (χ2n) is 10.4. The van der Waals surface area contributed by atoms with Crippen LogP contribution in [0.25, 0.3) is 0 Å². The number of anilines is 2. The van der Waals surface area contributed by atoms with Gasteiger partial charge < -0.3 is 19.4 Å². The Bertz CT molecular complexity index is 1040. The van der Waals surface area contributed by atoms with Crippen molar-refractivity contribution in [2.75, 3.05) is 43.6 Å². The van der Waals surface area contributed by atoms with Gasteiger partial charge in [0.25, 0.3) is 5.91 Å². The minimum Gasteiger partial charge on any atom is -0.484 e. The van der Waals surface area contributed by atoms with Gasteiger partial charge in [-0.05, 0) is 62.8 Å². The van der Waals surface area contributed by atoms with E-state index in [9.17, 15) is 9.59 Å². The van der Waals surface area contributed by atoms with E-state index < -0.39 is 5.41 Å². The fourth-order valence-electron chi connectivity index (χ4n) is 5.01. The first-order valence-electron chi connectivity index (χ1n) is 11.7. The van der Waals surface area contributed by atoms with Crippen molar-refractivity contribution < 1.29 is 14.3 Å². The molecule has 33 heavy (non-hydrogen) atoms. The van der Waals surface area contributed by atoms with Crippen LogP contribution in [0, 0.1) is 12.3 Å². The fraction of sp³-hybridized carbons (Fsp3) is 0.481. The van der Waals surface area contributed by atoms with Crippen LogP contribution in [0.15, 0.2) is 42.5 Å². The largest absolute Gasteiger partial charge is 0.484 e. The quantitative estimate of drug-likeness (QED) is 0.701. The summed E-state index contributed by atoms with van der Waals surface area (Å²) >= 11 is 0. The number of fused-ring (bicyclic) bond motifs is 3. The van der Waals surface area contributed by atoms with Crippen LogP contribution in [0.3, 0.4) is 0 Å². The zero-order valence-electron chi connectivity index (χ0n) is 20.6. The summed E-state index contributed by atoms with van der Waals surface area (Å²) in [5.41, 5.74) is 3.87. The lowest BCUT2D eigenvalue weighted by Gasteiger charge is -2.36. The highest BCUT2D eigenvalue weighted by Crippen LogP contribution is 2.45. The van der Waals surface area contributed by atoms with Crippen LogP contribution in [0.1, 0.15) is 44.2 Å². The van der Waals surface area contributed by atoms with Crippen LogP contribution in [-0.4, -0.2) is 56.5 Å². The number of carbonyl (C=O) groups excluding carboxylic acids is 2. The Morgan fingerprint density at radius 1 is 1.12 bits per heavy atom. The molecule has 6 nitrogen and oxygen atoms in total. The Morgan fingerprint density at radius 3 is 2.48 bits per heavy atom. The fourth-order valence-corrected chi connectivity index (χ4v) is 5.01. The minimum atomic E-state index is -0.452. The van der Waals surface area contributed by atoms with E-state index in [0.717, 1.165) is 30.9 Å². The zero-order valence-corrected chi connectivity index (χ0v) is 20.6. The lowest BCUT2D eigenvalue weighted by Crippen LogP contribution is -2.48. The number of hydrogen-bond donors (Lipinski definition) is 0. The van der Waals surface area contributed by atoms with Gasteiger partial charge in [0.15, 0.2) is 6.61 Å². The molecule has 0 spiro atoms. The molecule has 2 aromatic carbocycles. The van der Waals surface area contributed by atoms with Crippen molar-refractivity contribution in [1.82, 2.24) is 4.90 Å². The van der Waals surface area contributed by atoms with Crippen LogP contribution in [0.5, 0.6) is 5.75 Å². The van der Waals surface area contributed by atoms with Crippen LogP contribution < -0.4 is 14.5 Å². The Morgan fingerprint density at radius 2 is 1.82 bits per heavy atom. The SMILES string of the molecule is Cc1ccc2c(c1)[C@@H]1CN(C)CC[C@@H]1N2C(=O)COc1ccc(N(C)C(=O)C(C)(C)C)cc1. The smallest absolute Gasteiger partial charge is 0.265 e. The Hall–Kier alpha value is -2.86. The molecule has 0 unspecified atom stereocenters. The van der Waals surface area contributed by atoms with Crippen LogP contribution >= 0.6 is 0 Å². The number of amides is 2. The first-order chi connectivity index (χ1) is 15.6. The van der Waals surface area contributed by atoms with Crippen LogP contribution in [0.2, 0.25) is 0 Å². The van der Waals surface area contributed by atoms with Gasteiger partial charge in [0.2, 0.25) is 5.91 Å². The van der Waals surface area contributed by atoms with Gasteiger partial charge in [-0.15, -0.1) is 0 Å². The molecule has 6 heteroatoms. The molecule has 0 saturated carbocycles. The number of ether oxygens (including phenoxy) is 1. The van der Waals surface area contributed by atoms with Gasteiger partial charge >= 0.3 is 0 Å². The van der Waals surface area contributed by atoms with Gasteiger partial charge in [0.05, 0.1) is 0 Å². The summed E-state index contributed by atoms with van der Waals surface area (Å²) in [4.78, 5) is 31.8. The predicted octanol–water partition coefficient (Wildman–Crippen LogP) is 4.22. The number of piperidine rings is 1. The van der Waals surface area contributed by atoms with Crippen molar-refractivity contribution in [3.05, 3.63) is 53.6 Å². The van der Waals surface area contributed by atoms with Crippen molar-refractivity contribution in [2.45, 2.75) is 46.1 Å². The zero-order chi connectivity index (χ0) is 23.9. The molecule has 1 fully saturated rings. The van der Waals surface area contributed by atoms with Crippen LogP contribution in [0.4, 0.5) is 11.4 Å². The molecule has 176 valence electrons. The second-order valence-corrected chi connectivity index (χ2v) is 10.4. The van der Waals surface area contributed by atoms with Crippen molar-refractivity contribution in [3.8, 4) is 5.75 Å². The summed E-state index contributed by atoms with van der Waals surface area (Å²) in [7, 11) is 3.92. The number of hydrogen-bond acceptors (Lipinski definition) is 4. The van der Waals surface area contributed by atoms with Gasteiger partial charge in [-0.3, -0.25) is 9.59 Å². The molecule has 2 heterocycles. The van der Waals surface area contributed by atoms with E-state index in [0.29, 0.717) is 11.7 Å². The van der Waals surface area contributed by atoms with Gasteiger partial charge in [0.1, 0.15) is 5.75 Å². The van der Waals surface area contributed by atoms with E-state index in [1.54, 1.807) is 11.9 Å². The van der Waals surface area contributed by atoms with Gasteiger partial charge in [0, 0.05) is 42.3 Å². The summed E-state index contributed by atoms with van der Waals surface area (Å²) in [6.07, 6.45) is 0.962. The number of rotatable bonds is 4. The third-order valence-corrected chi connectivity index (χ3v) is 6.75. The summed E-state index contributed by atoms with van der Waals surface area (Å²) in [5.74, 6) is 0.993. The monoisotopic (exact) mass is 449 g/mol. The molecular formula is C27H35N3O3. The summed E-state index contributed by atoms with van der Waals surface area (Å²) in [5, 5.41) is 0. The molecule has 2 amide bonds. The second kappa shape index (κ2) is 8.82. The van der Waals surface area contributed by atoms with Crippen LogP contribution in [-0.2, 0) is 9.59 Å². The number of benzene rings is 2. The van der Waals surface area contributed by atoms with Crippen molar-refractivity contribution in [2.24, 2.45) is 5.41 Å². The Labute approximate surface area is 197 Å². The highest BCUT2D eigenvalue weighted by molar-refractivity contribution is 5.98. The van der Waals surface area contributed by atoms with Gasteiger partial charge in [-0.2, -0.15) is 0 Å². The molecule has 4 rings (SSSR count). The molecule has 2 atom stereocenters. The molecule has 0 radical (unpaired) electrons. The minimum absolute atomic E-state index is 0.0114. The first-order valence-corrected chi connectivity index (χ1v) is 11.7. The lowest BCUT2D eigenvalue weighted by atomic mass is 9.89. The number of carbonyl (C=O) groups is 2. The molecule has 2 aromatic rings. The molecule has 2 aliphatic heterocycles. The Kier molecular flexibility index (Phi) is 6.23. The number of nitrogens with zero attached hydrogens (tertiary/aromatic N) is 3. The molecule has 0 aromatic heterocycles. The van der Waals surface area contributed by atoms with E-state index in [-0.39, 0.29) is 24.5 Å². The highest BCUT2D eigenvalue weighted by Gasteiger charge is 2.43.